The minimum atomic E-state index is -3.46. The zero-order valence-electron chi connectivity index (χ0n) is 21.2. The van der Waals surface area contributed by atoms with E-state index in [2.05, 4.69) is 40.2 Å². The first-order valence-electron chi connectivity index (χ1n) is 12.7. The fraction of sp³-hybridized carbons (Fsp3) is 0.481. The number of aryl methyl sites for hydroxylation is 1. The molecule has 0 saturated carbocycles. The van der Waals surface area contributed by atoms with E-state index in [1.54, 1.807) is 24.1 Å². The second kappa shape index (κ2) is 10.3. The molecule has 8 nitrogen and oxygen atoms in total. The Morgan fingerprint density at radius 3 is 2.47 bits per heavy atom. The van der Waals surface area contributed by atoms with Crippen molar-refractivity contribution in [2.75, 3.05) is 25.1 Å². The van der Waals surface area contributed by atoms with E-state index in [0.717, 1.165) is 48.3 Å². The third-order valence-electron chi connectivity index (χ3n) is 7.86. The van der Waals surface area contributed by atoms with Gasteiger partial charge in [-0.3, -0.25) is 0 Å². The van der Waals surface area contributed by atoms with Crippen molar-refractivity contribution in [3.63, 3.8) is 0 Å². The van der Waals surface area contributed by atoms with Crippen molar-refractivity contribution in [2.45, 2.75) is 63.1 Å². The van der Waals surface area contributed by atoms with Crippen LogP contribution in [-0.2, 0) is 21.3 Å². The molecular weight excluding hydrogens is 474 g/mol. The molecular formula is C27H35N5O3S. The molecule has 9 heteroatoms. The molecule has 1 aromatic heterocycles. The van der Waals surface area contributed by atoms with Crippen LogP contribution in [0, 0.1) is 6.92 Å². The summed E-state index contributed by atoms with van der Waals surface area (Å²) in [5.74, 6) is 0. The second-order valence-corrected chi connectivity index (χ2v) is 12.1. The van der Waals surface area contributed by atoms with E-state index in [1.807, 2.05) is 41.8 Å². The highest BCUT2D eigenvalue weighted by atomic mass is 32.2. The summed E-state index contributed by atoms with van der Waals surface area (Å²) in [7, 11) is -1.70. The highest BCUT2D eigenvalue weighted by molar-refractivity contribution is 7.89. The maximum atomic E-state index is 13.6. The van der Waals surface area contributed by atoms with E-state index in [1.165, 1.54) is 0 Å². The van der Waals surface area contributed by atoms with Gasteiger partial charge in [-0.2, -0.15) is 4.31 Å². The van der Waals surface area contributed by atoms with Gasteiger partial charge >= 0.3 is 0 Å². The summed E-state index contributed by atoms with van der Waals surface area (Å²) < 4.78 is 36.9. The number of hydrogen-bond donors (Lipinski definition) is 0. The van der Waals surface area contributed by atoms with Gasteiger partial charge in [-0.15, -0.1) is 10.2 Å². The van der Waals surface area contributed by atoms with Crippen molar-refractivity contribution >= 4 is 15.7 Å². The van der Waals surface area contributed by atoms with E-state index in [-0.39, 0.29) is 18.2 Å². The van der Waals surface area contributed by atoms with Gasteiger partial charge in [0.15, 0.2) is 0 Å². The van der Waals surface area contributed by atoms with Crippen LogP contribution in [0.2, 0.25) is 0 Å². The molecule has 36 heavy (non-hydrogen) atoms. The number of methoxy groups -OCH3 is 1. The molecule has 0 unspecified atom stereocenters. The molecule has 0 radical (unpaired) electrons. The molecule has 2 aromatic carbocycles. The summed E-state index contributed by atoms with van der Waals surface area (Å²) in [6.07, 6.45) is 5.99. The van der Waals surface area contributed by atoms with Crippen LogP contribution in [0.15, 0.2) is 61.2 Å². The van der Waals surface area contributed by atoms with Crippen LogP contribution in [0.3, 0.4) is 0 Å². The number of aromatic nitrogens is 3. The lowest BCUT2D eigenvalue weighted by Crippen LogP contribution is -2.45. The fourth-order valence-electron chi connectivity index (χ4n) is 5.67. The maximum absolute atomic E-state index is 13.6. The molecule has 2 aliphatic heterocycles. The van der Waals surface area contributed by atoms with Crippen LogP contribution in [0.25, 0.3) is 0 Å². The summed E-state index contributed by atoms with van der Waals surface area (Å²) in [4.78, 5) is 2.34. The normalized spacial score (nSPS) is 26.7. The van der Waals surface area contributed by atoms with Crippen LogP contribution in [0.5, 0.6) is 0 Å². The Labute approximate surface area is 213 Å². The van der Waals surface area contributed by atoms with Gasteiger partial charge in [0.2, 0.25) is 10.0 Å². The number of ether oxygens (including phenoxy) is 1. The molecule has 0 aliphatic carbocycles. The van der Waals surface area contributed by atoms with E-state index in [9.17, 15) is 8.42 Å². The third kappa shape index (κ3) is 4.79. The SMILES string of the molecule is CO[C@@H]1CN(c2ccc(CN3[C@@H](C)CC[C@H](c4ccccc4)S3(=O)=O)c(C)c2)CC[C@@H]1n1cnnc1. The van der Waals surface area contributed by atoms with E-state index >= 15 is 0 Å². The summed E-state index contributed by atoms with van der Waals surface area (Å²) in [5, 5.41) is 7.41. The first-order chi connectivity index (χ1) is 17.4. The monoisotopic (exact) mass is 509 g/mol. The highest BCUT2D eigenvalue weighted by Gasteiger charge is 2.40. The molecule has 0 N–H and O–H groups in total. The van der Waals surface area contributed by atoms with Crippen LogP contribution in [0.1, 0.15) is 54.2 Å². The van der Waals surface area contributed by atoms with Gasteiger partial charge in [0.05, 0.1) is 12.1 Å². The van der Waals surface area contributed by atoms with Gasteiger partial charge in [-0.05, 0) is 61.9 Å². The van der Waals surface area contributed by atoms with E-state index in [0.29, 0.717) is 13.0 Å². The Morgan fingerprint density at radius 1 is 1.03 bits per heavy atom. The molecule has 5 rings (SSSR count). The Morgan fingerprint density at radius 2 is 1.78 bits per heavy atom. The lowest BCUT2D eigenvalue weighted by Gasteiger charge is -2.39. The molecule has 2 aliphatic rings. The van der Waals surface area contributed by atoms with Crippen molar-refractivity contribution in [1.82, 2.24) is 19.1 Å². The zero-order chi connectivity index (χ0) is 25.3. The van der Waals surface area contributed by atoms with Crippen molar-refractivity contribution in [2.24, 2.45) is 0 Å². The summed E-state index contributed by atoms with van der Waals surface area (Å²) in [5.41, 5.74) is 4.17. The van der Waals surface area contributed by atoms with Crippen molar-refractivity contribution in [3.05, 3.63) is 77.9 Å². The number of sulfonamides is 1. The van der Waals surface area contributed by atoms with Crippen molar-refractivity contribution in [3.8, 4) is 0 Å². The van der Waals surface area contributed by atoms with Crippen LogP contribution in [-0.4, -0.2) is 59.8 Å². The van der Waals surface area contributed by atoms with E-state index < -0.39 is 15.3 Å². The molecule has 0 amide bonds. The van der Waals surface area contributed by atoms with Crippen molar-refractivity contribution in [1.29, 1.82) is 0 Å². The topological polar surface area (TPSA) is 80.6 Å². The standard InChI is InChI=1S/C27H35N5O3S/c1-20-15-24(30-14-13-25(26(17-30)35-3)31-18-28-29-19-31)11-10-23(20)16-32-21(2)9-12-27(36(32,33)34)22-7-5-4-6-8-22/h4-8,10-11,15,18-19,21,25-27H,9,12-14,16-17H2,1-3H3/t21-,25-,26+,27+/m0/s1. The number of nitrogens with zero attached hydrogens (tertiary/aromatic N) is 5. The van der Waals surface area contributed by atoms with Crippen LogP contribution in [0.4, 0.5) is 5.69 Å². The molecule has 4 atom stereocenters. The smallest absolute Gasteiger partial charge is 0.221 e. The third-order valence-corrected chi connectivity index (χ3v) is 10.2. The zero-order valence-corrected chi connectivity index (χ0v) is 22.0. The summed E-state index contributed by atoms with van der Waals surface area (Å²) in [6.45, 7) is 6.17. The highest BCUT2D eigenvalue weighted by Crippen LogP contribution is 2.38. The number of benzene rings is 2. The molecule has 3 aromatic rings. The molecule has 2 fully saturated rings. The lowest BCUT2D eigenvalue weighted by atomic mass is 9.99. The fourth-order valence-corrected chi connectivity index (χ4v) is 7.85. The molecule has 2 saturated heterocycles. The Bertz CT molecular complexity index is 1270. The summed E-state index contributed by atoms with van der Waals surface area (Å²) >= 11 is 0. The largest absolute Gasteiger partial charge is 0.377 e. The Balaban J connectivity index is 1.32. The Kier molecular flexibility index (Phi) is 7.14. The van der Waals surface area contributed by atoms with Crippen LogP contribution < -0.4 is 4.90 Å². The molecule has 192 valence electrons. The van der Waals surface area contributed by atoms with Crippen molar-refractivity contribution < 1.29 is 13.2 Å². The minimum absolute atomic E-state index is 0.0202. The first kappa shape index (κ1) is 24.9. The van der Waals surface area contributed by atoms with Gasteiger partial charge in [0, 0.05) is 38.5 Å². The first-order valence-corrected chi connectivity index (χ1v) is 14.2. The average Bonchev–Trinajstić information content (AvgIpc) is 3.42. The predicted molar refractivity (Wildman–Crippen MR) is 140 cm³/mol. The summed E-state index contributed by atoms with van der Waals surface area (Å²) in [6, 6.07) is 16.2. The van der Waals surface area contributed by atoms with Crippen LogP contribution >= 0.6 is 0 Å². The molecule has 3 heterocycles. The van der Waals surface area contributed by atoms with Gasteiger partial charge in [-0.25, -0.2) is 8.42 Å². The molecule has 0 spiro atoms. The lowest BCUT2D eigenvalue weighted by molar-refractivity contribution is 0.0472. The molecule has 0 bridgehead atoms. The average molecular weight is 510 g/mol. The van der Waals surface area contributed by atoms with Gasteiger partial charge in [-0.1, -0.05) is 36.4 Å². The minimum Gasteiger partial charge on any atom is -0.377 e. The van der Waals surface area contributed by atoms with E-state index in [4.69, 9.17) is 4.74 Å². The van der Waals surface area contributed by atoms with Gasteiger partial charge in [0.25, 0.3) is 0 Å². The quantitative estimate of drug-likeness (QED) is 0.498. The Hall–Kier alpha value is -2.75. The number of anilines is 1. The number of rotatable bonds is 6. The maximum Gasteiger partial charge on any atom is 0.221 e. The second-order valence-electron chi connectivity index (χ2n) is 10.0. The van der Waals surface area contributed by atoms with Gasteiger partial charge in [0.1, 0.15) is 17.9 Å². The van der Waals surface area contributed by atoms with Gasteiger partial charge < -0.3 is 14.2 Å². The number of piperidine rings is 1. The number of hydrogen-bond acceptors (Lipinski definition) is 6. The predicted octanol–water partition coefficient (Wildman–Crippen LogP) is 4.11.